The van der Waals surface area contributed by atoms with Gasteiger partial charge in [-0.25, -0.2) is 9.59 Å². The Morgan fingerprint density at radius 2 is 1.55 bits per heavy atom. The van der Waals surface area contributed by atoms with E-state index in [0.717, 1.165) is 5.56 Å². The Kier molecular flexibility index (Phi) is 8.50. The number of ether oxygens (including phenoxy) is 1. The lowest BCUT2D eigenvalue weighted by molar-refractivity contribution is -0.121. The Morgan fingerprint density at radius 1 is 0.931 bits per heavy atom. The molecule has 1 atom stereocenters. The molecule has 4 amide bonds. The molecular weight excluding hydrogens is 372 g/mol. The summed E-state index contributed by atoms with van der Waals surface area (Å²) >= 11 is 0. The molecule has 0 saturated carbocycles. The molecule has 0 aliphatic heterocycles. The fourth-order valence-corrected chi connectivity index (χ4v) is 2.53. The molecule has 0 aliphatic carbocycles. The molecule has 0 heterocycles. The van der Waals surface area contributed by atoms with E-state index >= 15 is 0 Å². The van der Waals surface area contributed by atoms with Crippen LogP contribution in [-0.4, -0.2) is 31.2 Å². The van der Waals surface area contributed by atoms with E-state index in [9.17, 15) is 14.4 Å². The van der Waals surface area contributed by atoms with Gasteiger partial charge >= 0.3 is 12.1 Å². The highest BCUT2D eigenvalue weighted by atomic mass is 16.5. The van der Waals surface area contributed by atoms with Gasteiger partial charge in [-0.15, -0.1) is 0 Å². The summed E-state index contributed by atoms with van der Waals surface area (Å²) in [6.07, 6.45) is -0.379. The highest BCUT2D eigenvalue weighted by Crippen LogP contribution is 2.16. The van der Waals surface area contributed by atoms with Crippen molar-refractivity contribution in [3.63, 3.8) is 0 Å². The van der Waals surface area contributed by atoms with E-state index in [-0.39, 0.29) is 37.6 Å². The van der Waals surface area contributed by atoms with Gasteiger partial charge in [0.25, 0.3) is 0 Å². The molecule has 0 saturated heterocycles. The normalized spacial score (nSPS) is 11.1. The monoisotopic (exact) mass is 398 g/mol. The number of nitrogens with one attached hydrogen (secondary N) is 4. The van der Waals surface area contributed by atoms with Crippen molar-refractivity contribution in [3.05, 3.63) is 60.2 Å². The van der Waals surface area contributed by atoms with Crippen LogP contribution in [0, 0.1) is 0 Å². The molecule has 0 radical (unpaired) electrons. The zero-order chi connectivity index (χ0) is 21.1. The van der Waals surface area contributed by atoms with Crippen molar-refractivity contribution < 1.29 is 19.1 Å². The van der Waals surface area contributed by atoms with Crippen molar-refractivity contribution in [2.24, 2.45) is 0 Å². The van der Waals surface area contributed by atoms with Crippen LogP contribution >= 0.6 is 0 Å². The third-order valence-corrected chi connectivity index (χ3v) is 3.97. The predicted octanol–water partition coefficient (Wildman–Crippen LogP) is 3.64. The fourth-order valence-electron chi connectivity index (χ4n) is 2.53. The SMILES string of the molecule is CCOC(=O)NCCC(=O)N[C@H](C)c1ccc(NC(=O)Nc2ccccc2)cc1. The molecule has 8 heteroatoms. The number of urea groups is 1. The van der Waals surface area contributed by atoms with Crippen LogP contribution in [0.15, 0.2) is 54.6 Å². The Morgan fingerprint density at radius 3 is 2.17 bits per heavy atom. The van der Waals surface area contributed by atoms with Gasteiger partial charge in [-0.1, -0.05) is 30.3 Å². The zero-order valence-corrected chi connectivity index (χ0v) is 16.5. The molecule has 2 aromatic carbocycles. The summed E-state index contributed by atoms with van der Waals surface area (Å²) in [6.45, 7) is 4.07. The minimum absolute atomic E-state index is 0.155. The summed E-state index contributed by atoms with van der Waals surface area (Å²) in [5.74, 6) is -0.182. The topological polar surface area (TPSA) is 109 Å². The third-order valence-electron chi connectivity index (χ3n) is 3.97. The van der Waals surface area contributed by atoms with Crippen molar-refractivity contribution in [3.8, 4) is 0 Å². The molecule has 29 heavy (non-hydrogen) atoms. The molecule has 0 aromatic heterocycles. The summed E-state index contributed by atoms with van der Waals surface area (Å²) in [5.41, 5.74) is 2.24. The Labute approximate surface area is 170 Å². The first-order valence-corrected chi connectivity index (χ1v) is 9.41. The van der Waals surface area contributed by atoms with Gasteiger partial charge in [-0.3, -0.25) is 4.79 Å². The molecule has 0 fully saturated rings. The van der Waals surface area contributed by atoms with Gasteiger partial charge < -0.3 is 26.0 Å². The second-order valence-electron chi connectivity index (χ2n) is 6.25. The Bertz CT molecular complexity index is 809. The predicted molar refractivity (Wildman–Crippen MR) is 112 cm³/mol. The van der Waals surface area contributed by atoms with E-state index in [2.05, 4.69) is 21.3 Å². The number of para-hydroxylation sites is 1. The molecule has 0 unspecified atom stereocenters. The molecule has 8 nitrogen and oxygen atoms in total. The van der Waals surface area contributed by atoms with Crippen LogP contribution in [0.4, 0.5) is 21.0 Å². The van der Waals surface area contributed by atoms with Crippen molar-refractivity contribution in [1.29, 1.82) is 0 Å². The average Bonchev–Trinajstić information content (AvgIpc) is 2.69. The Hall–Kier alpha value is -3.55. The maximum Gasteiger partial charge on any atom is 0.407 e. The van der Waals surface area contributed by atoms with Crippen molar-refractivity contribution in [1.82, 2.24) is 10.6 Å². The molecule has 2 rings (SSSR count). The van der Waals surface area contributed by atoms with Crippen LogP contribution in [0.3, 0.4) is 0 Å². The fraction of sp³-hybridized carbons (Fsp3) is 0.286. The lowest BCUT2D eigenvalue weighted by Crippen LogP contribution is -2.32. The quantitative estimate of drug-likeness (QED) is 0.544. The number of carbonyl (C=O) groups is 3. The van der Waals surface area contributed by atoms with Gasteiger partial charge in [-0.2, -0.15) is 0 Å². The molecule has 4 N–H and O–H groups in total. The smallest absolute Gasteiger partial charge is 0.407 e. The molecule has 154 valence electrons. The van der Waals surface area contributed by atoms with Gasteiger partial charge in [0.2, 0.25) is 5.91 Å². The first kappa shape index (κ1) is 21.7. The van der Waals surface area contributed by atoms with Crippen LogP contribution < -0.4 is 21.3 Å². The highest BCUT2D eigenvalue weighted by molar-refractivity contribution is 5.99. The number of amides is 4. The van der Waals surface area contributed by atoms with E-state index in [4.69, 9.17) is 4.74 Å². The molecule has 0 bridgehead atoms. The lowest BCUT2D eigenvalue weighted by Gasteiger charge is -2.15. The minimum Gasteiger partial charge on any atom is -0.450 e. The zero-order valence-electron chi connectivity index (χ0n) is 16.5. The van der Waals surface area contributed by atoms with Crippen LogP contribution in [-0.2, 0) is 9.53 Å². The van der Waals surface area contributed by atoms with Gasteiger partial charge in [-0.05, 0) is 43.7 Å². The summed E-state index contributed by atoms with van der Waals surface area (Å²) in [4.78, 5) is 35.2. The largest absolute Gasteiger partial charge is 0.450 e. The van der Waals surface area contributed by atoms with Gasteiger partial charge in [0.1, 0.15) is 0 Å². The van der Waals surface area contributed by atoms with Gasteiger partial charge in [0, 0.05) is 24.3 Å². The number of anilines is 2. The van der Waals surface area contributed by atoms with Crippen LogP contribution in [0.2, 0.25) is 0 Å². The van der Waals surface area contributed by atoms with Gasteiger partial charge in [0.15, 0.2) is 0 Å². The summed E-state index contributed by atoms with van der Waals surface area (Å²) < 4.78 is 4.73. The number of hydrogen-bond donors (Lipinski definition) is 4. The minimum atomic E-state index is -0.535. The van der Waals surface area contributed by atoms with Crippen LogP contribution in [0.25, 0.3) is 0 Å². The number of alkyl carbamates (subject to hydrolysis) is 1. The van der Waals surface area contributed by atoms with Crippen molar-refractivity contribution in [2.75, 3.05) is 23.8 Å². The maximum atomic E-state index is 12.0. The maximum absolute atomic E-state index is 12.0. The lowest BCUT2D eigenvalue weighted by atomic mass is 10.1. The average molecular weight is 398 g/mol. The number of benzene rings is 2. The van der Waals surface area contributed by atoms with Crippen LogP contribution in [0.1, 0.15) is 31.9 Å². The van der Waals surface area contributed by atoms with E-state index in [1.54, 1.807) is 31.2 Å². The highest BCUT2D eigenvalue weighted by Gasteiger charge is 2.11. The molecule has 2 aromatic rings. The summed E-state index contributed by atoms with van der Waals surface area (Å²) in [5, 5.41) is 10.9. The van der Waals surface area contributed by atoms with E-state index in [1.165, 1.54) is 0 Å². The molecular formula is C21H26N4O4. The van der Waals surface area contributed by atoms with Crippen molar-refractivity contribution in [2.45, 2.75) is 26.3 Å². The second-order valence-corrected chi connectivity index (χ2v) is 6.25. The van der Waals surface area contributed by atoms with Crippen molar-refractivity contribution >= 4 is 29.4 Å². The standard InChI is InChI=1S/C21H26N4O4/c1-3-29-21(28)22-14-13-19(26)23-15(2)16-9-11-18(12-10-16)25-20(27)24-17-7-5-4-6-8-17/h4-12,15H,3,13-14H2,1-2H3,(H,22,28)(H,23,26)(H2,24,25,27)/t15-/m1/s1. The number of hydrogen-bond acceptors (Lipinski definition) is 4. The Balaban J connectivity index is 1.77. The molecule has 0 aliphatic rings. The van der Waals surface area contributed by atoms with Gasteiger partial charge in [0.05, 0.1) is 12.6 Å². The summed E-state index contributed by atoms with van der Waals surface area (Å²) in [7, 11) is 0. The number of carbonyl (C=O) groups excluding carboxylic acids is 3. The van der Waals surface area contributed by atoms with E-state index < -0.39 is 6.09 Å². The number of rotatable bonds is 8. The summed E-state index contributed by atoms with van der Waals surface area (Å²) in [6, 6.07) is 15.8. The van der Waals surface area contributed by atoms with E-state index in [0.29, 0.717) is 11.4 Å². The first-order valence-electron chi connectivity index (χ1n) is 9.41. The first-order chi connectivity index (χ1) is 14.0. The van der Waals surface area contributed by atoms with Crippen LogP contribution in [0.5, 0.6) is 0 Å². The third kappa shape index (κ3) is 7.92. The molecule has 0 spiro atoms. The second kappa shape index (κ2) is 11.3. The van der Waals surface area contributed by atoms with E-state index in [1.807, 2.05) is 37.3 Å².